The number of pyridine rings is 1. The highest BCUT2D eigenvalue weighted by molar-refractivity contribution is 7.99. The number of rotatable bonds is 3. The van der Waals surface area contributed by atoms with Gasteiger partial charge in [0.25, 0.3) is 5.89 Å². The molecule has 1 spiro atoms. The zero-order chi connectivity index (χ0) is 15.7. The Morgan fingerprint density at radius 1 is 1.43 bits per heavy atom. The quantitative estimate of drug-likeness (QED) is 0.926. The van der Waals surface area contributed by atoms with E-state index < -0.39 is 0 Å². The fraction of sp³-hybridized carbons (Fsp3) is 0.562. The van der Waals surface area contributed by atoms with Crippen molar-refractivity contribution in [3.05, 3.63) is 24.2 Å². The molecule has 2 aromatic rings. The van der Waals surface area contributed by atoms with Gasteiger partial charge < -0.3 is 14.6 Å². The maximum absolute atomic E-state index is 6.08. The number of thioether (sulfide) groups is 1. The van der Waals surface area contributed by atoms with Crippen LogP contribution in [0.5, 0.6) is 0 Å². The van der Waals surface area contributed by atoms with E-state index in [2.05, 4.69) is 20.4 Å². The number of nitrogens with zero attached hydrogens (tertiary/aromatic N) is 3. The van der Waals surface area contributed by atoms with Crippen LogP contribution in [0.4, 0.5) is 5.82 Å². The van der Waals surface area contributed by atoms with Gasteiger partial charge in [-0.3, -0.25) is 0 Å². The van der Waals surface area contributed by atoms with E-state index in [0.29, 0.717) is 17.8 Å². The van der Waals surface area contributed by atoms with Crippen LogP contribution in [0.25, 0.3) is 11.5 Å². The number of hydrogen-bond acceptors (Lipinski definition) is 7. The SMILES string of the molecule is Cc1noc(-c2ccnc(N[C@@H]3CCO[C@@]4(CCSC4)C3)c2)n1. The van der Waals surface area contributed by atoms with Crippen LogP contribution in [0, 0.1) is 6.92 Å². The molecule has 23 heavy (non-hydrogen) atoms. The Morgan fingerprint density at radius 2 is 2.39 bits per heavy atom. The molecule has 4 rings (SSSR count). The van der Waals surface area contributed by atoms with E-state index in [1.165, 1.54) is 5.75 Å². The number of nitrogens with one attached hydrogen (secondary N) is 1. The summed E-state index contributed by atoms with van der Waals surface area (Å²) in [6, 6.07) is 4.25. The highest BCUT2D eigenvalue weighted by atomic mass is 32.2. The predicted octanol–water partition coefficient (Wildman–Crippen LogP) is 2.91. The molecule has 2 fully saturated rings. The molecule has 1 N–H and O–H groups in total. The number of aryl methyl sites for hydroxylation is 1. The molecule has 0 saturated carbocycles. The molecule has 2 saturated heterocycles. The lowest BCUT2D eigenvalue weighted by molar-refractivity contribution is -0.0628. The zero-order valence-electron chi connectivity index (χ0n) is 13.1. The molecular weight excluding hydrogens is 312 g/mol. The molecule has 6 nitrogen and oxygen atoms in total. The van der Waals surface area contributed by atoms with Crippen LogP contribution in [0.2, 0.25) is 0 Å². The number of hydrogen-bond donors (Lipinski definition) is 1. The molecule has 0 unspecified atom stereocenters. The van der Waals surface area contributed by atoms with Gasteiger partial charge in [-0.2, -0.15) is 16.7 Å². The molecule has 2 aliphatic heterocycles. The lowest BCUT2D eigenvalue weighted by Crippen LogP contribution is -2.44. The first kappa shape index (κ1) is 15.0. The maximum atomic E-state index is 6.08. The van der Waals surface area contributed by atoms with E-state index in [9.17, 15) is 0 Å². The molecule has 2 aromatic heterocycles. The van der Waals surface area contributed by atoms with Crippen LogP contribution in [-0.4, -0.2) is 44.9 Å². The summed E-state index contributed by atoms with van der Waals surface area (Å²) in [5, 5.41) is 7.40. The number of anilines is 1. The number of ether oxygens (including phenoxy) is 1. The maximum Gasteiger partial charge on any atom is 0.258 e. The number of aromatic nitrogens is 3. The van der Waals surface area contributed by atoms with E-state index in [1.54, 1.807) is 6.20 Å². The average molecular weight is 332 g/mol. The Hall–Kier alpha value is -1.60. The topological polar surface area (TPSA) is 73.1 Å². The van der Waals surface area contributed by atoms with Gasteiger partial charge in [0, 0.05) is 30.2 Å². The first-order chi connectivity index (χ1) is 11.2. The van der Waals surface area contributed by atoms with Crippen LogP contribution >= 0.6 is 11.8 Å². The van der Waals surface area contributed by atoms with Gasteiger partial charge >= 0.3 is 0 Å². The normalized spacial score (nSPS) is 27.4. The van der Waals surface area contributed by atoms with Crippen molar-refractivity contribution >= 4 is 17.6 Å². The van der Waals surface area contributed by atoms with E-state index in [-0.39, 0.29) is 5.60 Å². The van der Waals surface area contributed by atoms with Gasteiger partial charge in [0.2, 0.25) is 0 Å². The fourth-order valence-corrected chi connectivity index (χ4v) is 4.66. The second kappa shape index (κ2) is 6.13. The van der Waals surface area contributed by atoms with Gasteiger partial charge in [0.15, 0.2) is 5.82 Å². The lowest BCUT2D eigenvalue weighted by atomic mass is 9.90. The van der Waals surface area contributed by atoms with Crippen molar-refractivity contribution in [2.45, 2.75) is 37.8 Å². The largest absolute Gasteiger partial charge is 0.374 e. The summed E-state index contributed by atoms with van der Waals surface area (Å²) in [6.07, 6.45) is 4.99. The second-order valence-electron chi connectivity index (χ2n) is 6.24. The summed E-state index contributed by atoms with van der Waals surface area (Å²) in [6.45, 7) is 2.63. The van der Waals surface area contributed by atoms with Gasteiger partial charge in [-0.25, -0.2) is 4.98 Å². The molecule has 0 aromatic carbocycles. The molecule has 2 aliphatic rings. The zero-order valence-corrected chi connectivity index (χ0v) is 13.9. The smallest absolute Gasteiger partial charge is 0.258 e. The van der Waals surface area contributed by atoms with Crippen molar-refractivity contribution in [3.8, 4) is 11.5 Å². The minimum atomic E-state index is 0.0712. The Balaban J connectivity index is 1.48. The third-order valence-corrected chi connectivity index (χ3v) is 5.67. The lowest BCUT2D eigenvalue weighted by Gasteiger charge is -2.38. The molecule has 4 heterocycles. The van der Waals surface area contributed by atoms with E-state index in [1.807, 2.05) is 30.8 Å². The molecule has 7 heteroatoms. The van der Waals surface area contributed by atoms with Crippen LogP contribution < -0.4 is 5.32 Å². The fourth-order valence-electron chi connectivity index (χ4n) is 3.28. The summed E-state index contributed by atoms with van der Waals surface area (Å²) in [7, 11) is 0. The van der Waals surface area contributed by atoms with Crippen molar-refractivity contribution in [2.24, 2.45) is 0 Å². The van der Waals surface area contributed by atoms with E-state index >= 15 is 0 Å². The third-order valence-electron chi connectivity index (χ3n) is 4.45. The highest BCUT2D eigenvalue weighted by Crippen LogP contribution is 2.39. The van der Waals surface area contributed by atoms with Crippen LogP contribution in [0.1, 0.15) is 25.1 Å². The van der Waals surface area contributed by atoms with Crippen molar-refractivity contribution < 1.29 is 9.26 Å². The minimum Gasteiger partial charge on any atom is -0.374 e. The van der Waals surface area contributed by atoms with Crippen molar-refractivity contribution in [1.82, 2.24) is 15.1 Å². The summed E-state index contributed by atoms with van der Waals surface area (Å²) in [4.78, 5) is 8.70. The monoisotopic (exact) mass is 332 g/mol. The van der Waals surface area contributed by atoms with Gasteiger partial charge in [0.05, 0.1) is 5.60 Å². The van der Waals surface area contributed by atoms with Crippen LogP contribution in [-0.2, 0) is 4.74 Å². The first-order valence-electron chi connectivity index (χ1n) is 7.97. The van der Waals surface area contributed by atoms with Crippen molar-refractivity contribution in [2.75, 3.05) is 23.4 Å². The Morgan fingerprint density at radius 3 is 3.17 bits per heavy atom. The standard InChI is InChI=1S/C16H20N4O2S/c1-11-18-15(22-20-11)12-2-5-17-14(8-12)19-13-3-6-21-16(9-13)4-7-23-10-16/h2,5,8,13H,3-4,6-7,9-10H2,1H3,(H,17,19)/t13-,16+/m1/s1. The second-order valence-corrected chi connectivity index (χ2v) is 7.35. The molecule has 0 radical (unpaired) electrons. The van der Waals surface area contributed by atoms with E-state index in [4.69, 9.17) is 9.26 Å². The third kappa shape index (κ3) is 3.21. The Kier molecular flexibility index (Phi) is 3.98. The van der Waals surface area contributed by atoms with Gasteiger partial charge in [-0.15, -0.1) is 0 Å². The summed E-state index contributed by atoms with van der Waals surface area (Å²) in [5.74, 6) is 4.34. The van der Waals surface area contributed by atoms with Gasteiger partial charge in [-0.1, -0.05) is 5.16 Å². The Bertz CT molecular complexity index is 684. The summed E-state index contributed by atoms with van der Waals surface area (Å²) >= 11 is 1.99. The summed E-state index contributed by atoms with van der Waals surface area (Å²) in [5.41, 5.74) is 0.961. The molecular formula is C16H20N4O2S. The van der Waals surface area contributed by atoms with Crippen molar-refractivity contribution in [1.29, 1.82) is 0 Å². The molecule has 0 bridgehead atoms. The van der Waals surface area contributed by atoms with Crippen LogP contribution in [0.15, 0.2) is 22.9 Å². The van der Waals surface area contributed by atoms with Gasteiger partial charge in [0.1, 0.15) is 5.82 Å². The molecule has 122 valence electrons. The molecule has 2 atom stereocenters. The van der Waals surface area contributed by atoms with E-state index in [0.717, 1.165) is 43.0 Å². The Labute approximate surface area is 139 Å². The van der Waals surface area contributed by atoms with Crippen LogP contribution in [0.3, 0.4) is 0 Å². The summed E-state index contributed by atoms with van der Waals surface area (Å²) < 4.78 is 11.3. The minimum absolute atomic E-state index is 0.0712. The average Bonchev–Trinajstić information content (AvgIpc) is 3.17. The first-order valence-corrected chi connectivity index (χ1v) is 9.13. The highest BCUT2D eigenvalue weighted by Gasteiger charge is 2.40. The van der Waals surface area contributed by atoms with Crippen molar-refractivity contribution in [3.63, 3.8) is 0 Å². The predicted molar refractivity (Wildman–Crippen MR) is 89.5 cm³/mol. The molecule has 0 amide bonds. The molecule has 0 aliphatic carbocycles. The van der Waals surface area contributed by atoms with Gasteiger partial charge in [-0.05, 0) is 44.1 Å².